The van der Waals surface area contributed by atoms with Gasteiger partial charge in [0.25, 0.3) is 0 Å². The van der Waals surface area contributed by atoms with E-state index in [2.05, 4.69) is 27.1 Å². The molecule has 1 amide bonds. The van der Waals surface area contributed by atoms with Crippen molar-refractivity contribution in [2.24, 2.45) is 0 Å². The third-order valence-electron chi connectivity index (χ3n) is 4.05. The topological polar surface area (TPSA) is 81.9 Å². The molecule has 2 heterocycles. The lowest BCUT2D eigenvalue weighted by atomic mass is 10.2. The minimum Gasteiger partial charge on any atom is -0.494 e. The number of pyridine rings is 1. The van der Waals surface area contributed by atoms with Crippen LogP contribution in [0.1, 0.15) is 13.8 Å². The zero-order chi connectivity index (χ0) is 20.6. The molecule has 2 aromatic heterocycles. The number of anilines is 1. The number of hydrogen-bond donors (Lipinski definition) is 1. The Morgan fingerprint density at radius 1 is 1.24 bits per heavy atom. The highest BCUT2D eigenvalue weighted by Crippen LogP contribution is 2.27. The third-order valence-corrected chi connectivity index (χ3v) is 5.13. The van der Waals surface area contributed by atoms with Crippen LogP contribution in [0.3, 0.4) is 0 Å². The number of benzene rings is 1. The Kier molecular flexibility index (Phi) is 7.02. The molecule has 0 bridgehead atoms. The van der Waals surface area contributed by atoms with Gasteiger partial charge in [0, 0.05) is 30.2 Å². The van der Waals surface area contributed by atoms with Crippen LogP contribution in [0.5, 0.6) is 5.75 Å². The van der Waals surface area contributed by atoms with Gasteiger partial charge in [-0.15, -0.1) is 16.8 Å². The third kappa shape index (κ3) is 5.23. The molecule has 0 spiro atoms. The number of carbonyl (C=O) groups excluding carboxylic acids is 1. The molecule has 0 radical (unpaired) electrons. The molecule has 8 heteroatoms. The summed E-state index contributed by atoms with van der Waals surface area (Å²) in [4.78, 5) is 16.7. The molecule has 0 fully saturated rings. The van der Waals surface area contributed by atoms with Crippen LogP contribution in [0.2, 0.25) is 0 Å². The predicted octanol–water partition coefficient (Wildman–Crippen LogP) is 4.04. The van der Waals surface area contributed by atoms with Gasteiger partial charge in [0.1, 0.15) is 5.75 Å². The number of amides is 1. The molecular weight excluding hydrogens is 386 g/mol. The smallest absolute Gasteiger partial charge is 0.237 e. The van der Waals surface area contributed by atoms with E-state index in [1.54, 1.807) is 18.5 Å². The lowest BCUT2D eigenvalue weighted by Crippen LogP contribution is -2.23. The Bertz CT molecular complexity index is 957. The van der Waals surface area contributed by atoms with Crippen molar-refractivity contribution < 1.29 is 9.53 Å². The second-order valence-corrected chi connectivity index (χ2v) is 7.46. The summed E-state index contributed by atoms with van der Waals surface area (Å²) in [6, 6.07) is 11.1. The number of ether oxygens (including phenoxy) is 1. The summed E-state index contributed by atoms with van der Waals surface area (Å²) < 4.78 is 7.36. The number of carbonyl (C=O) groups is 1. The van der Waals surface area contributed by atoms with Crippen molar-refractivity contribution in [1.29, 1.82) is 0 Å². The van der Waals surface area contributed by atoms with Crippen molar-refractivity contribution in [3.05, 3.63) is 61.4 Å². The van der Waals surface area contributed by atoms with E-state index in [-0.39, 0.29) is 11.2 Å². The lowest BCUT2D eigenvalue weighted by molar-refractivity contribution is -0.115. The van der Waals surface area contributed by atoms with Crippen molar-refractivity contribution >= 4 is 23.4 Å². The Balaban J connectivity index is 1.71. The highest BCUT2D eigenvalue weighted by atomic mass is 32.2. The molecule has 0 saturated heterocycles. The zero-order valence-electron chi connectivity index (χ0n) is 16.4. The molecule has 1 N–H and O–H groups in total. The molecule has 0 saturated carbocycles. The van der Waals surface area contributed by atoms with Crippen LogP contribution in [0.4, 0.5) is 5.69 Å². The first-order valence-corrected chi connectivity index (χ1v) is 10.1. The van der Waals surface area contributed by atoms with Crippen LogP contribution < -0.4 is 10.1 Å². The molecule has 3 rings (SSSR count). The highest BCUT2D eigenvalue weighted by Gasteiger charge is 2.20. The summed E-state index contributed by atoms with van der Waals surface area (Å²) in [5.41, 5.74) is 1.63. The van der Waals surface area contributed by atoms with E-state index in [9.17, 15) is 4.79 Å². The van der Waals surface area contributed by atoms with Gasteiger partial charge in [-0.1, -0.05) is 17.8 Å². The van der Waals surface area contributed by atoms with Crippen LogP contribution >= 0.6 is 11.8 Å². The Hall–Kier alpha value is -3.13. The maximum Gasteiger partial charge on any atom is 0.237 e. The van der Waals surface area contributed by atoms with E-state index in [0.717, 1.165) is 17.0 Å². The number of nitrogens with zero attached hydrogens (tertiary/aromatic N) is 4. The number of nitrogens with one attached hydrogen (secondary N) is 1. The fraction of sp³-hybridized carbons (Fsp3) is 0.238. The molecule has 150 valence electrons. The standard InChI is InChI=1S/C21H23N5O2S/c1-4-14-26-19(16-10-12-22-13-11-16)24-25-21(26)29-15(3)20(27)23-17-6-8-18(9-7-17)28-5-2/h4,6-13,15H,1,5,14H2,2-3H3,(H,23,27)/t15-/m0/s1. The van der Waals surface area contributed by atoms with Gasteiger partial charge in [0.15, 0.2) is 11.0 Å². The fourth-order valence-electron chi connectivity index (χ4n) is 2.64. The lowest BCUT2D eigenvalue weighted by Gasteiger charge is -2.13. The zero-order valence-corrected chi connectivity index (χ0v) is 17.2. The van der Waals surface area contributed by atoms with Crippen molar-refractivity contribution in [3.63, 3.8) is 0 Å². The van der Waals surface area contributed by atoms with Gasteiger partial charge >= 0.3 is 0 Å². The Morgan fingerprint density at radius 2 is 1.97 bits per heavy atom. The molecule has 1 aromatic carbocycles. The second-order valence-electron chi connectivity index (χ2n) is 6.15. The van der Waals surface area contributed by atoms with Crippen LogP contribution in [0.15, 0.2) is 66.6 Å². The van der Waals surface area contributed by atoms with Crippen LogP contribution in [-0.4, -0.2) is 37.5 Å². The van der Waals surface area contributed by atoms with Gasteiger partial charge in [-0.3, -0.25) is 14.3 Å². The van der Waals surface area contributed by atoms with Gasteiger partial charge in [-0.2, -0.15) is 0 Å². The van der Waals surface area contributed by atoms with Gasteiger partial charge in [-0.25, -0.2) is 0 Å². The number of aromatic nitrogens is 4. The number of thioether (sulfide) groups is 1. The minimum absolute atomic E-state index is 0.113. The van der Waals surface area contributed by atoms with Gasteiger partial charge in [-0.05, 0) is 50.2 Å². The first kappa shape index (κ1) is 20.6. The normalized spacial score (nSPS) is 11.7. The molecule has 29 heavy (non-hydrogen) atoms. The molecule has 1 atom stereocenters. The summed E-state index contributed by atoms with van der Waals surface area (Å²) >= 11 is 1.35. The molecule has 0 unspecified atom stereocenters. The number of hydrogen-bond acceptors (Lipinski definition) is 6. The summed E-state index contributed by atoms with van der Waals surface area (Å²) in [6.07, 6.45) is 5.20. The molecule has 0 aliphatic carbocycles. The van der Waals surface area contributed by atoms with E-state index in [4.69, 9.17) is 4.74 Å². The van der Waals surface area contributed by atoms with Crippen LogP contribution in [-0.2, 0) is 11.3 Å². The maximum atomic E-state index is 12.6. The van der Waals surface area contributed by atoms with E-state index < -0.39 is 0 Å². The highest BCUT2D eigenvalue weighted by molar-refractivity contribution is 8.00. The first-order valence-electron chi connectivity index (χ1n) is 9.27. The van der Waals surface area contributed by atoms with E-state index in [0.29, 0.717) is 24.1 Å². The van der Waals surface area contributed by atoms with Crippen molar-refractivity contribution in [2.75, 3.05) is 11.9 Å². The monoisotopic (exact) mass is 409 g/mol. The summed E-state index contributed by atoms with van der Waals surface area (Å²) in [6.45, 7) is 8.73. The van der Waals surface area contributed by atoms with Gasteiger partial charge in [0.2, 0.25) is 5.91 Å². The summed E-state index contributed by atoms with van der Waals surface area (Å²) in [7, 11) is 0. The summed E-state index contributed by atoms with van der Waals surface area (Å²) in [5.74, 6) is 1.38. The number of allylic oxidation sites excluding steroid dienone is 1. The molecule has 0 aliphatic heterocycles. The molecule has 7 nitrogen and oxygen atoms in total. The second kappa shape index (κ2) is 9.88. The number of rotatable bonds is 9. The van der Waals surface area contributed by atoms with Gasteiger partial charge in [0.05, 0.1) is 11.9 Å². The quantitative estimate of drug-likeness (QED) is 0.424. The van der Waals surface area contributed by atoms with Crippen LogP contribution in [0, 0.1) is 0 Å². The maximum absolute atomic E-state index is 12.6. The van der Waals surface area contributed by atoms with Crippen molar-refractivity contribution in [1.82, 2.24) is 19.7 Å². The molecular formula is C21H23N5O2S. The first-order chi connectivity index (χ1) is 14.1. The Morgan fingerprint density at radius 3 is 2.62 bits per heavy atom. The SMILES string of the molecule is C=CCn1c(S[C@@H](C)C(=O)Nc2ccc(OCC)cc2)nnc1-c1ccncc1. The Labute approximate surface area is 174 Å². The average Bonchev–Trinajstić information content (AvgIpc) is 3.13. The van der Waals surface area contributed by atoms with E-state index in [1.165, 1.54) is 11.8 Å². The summed E-state index contributed by atoms with van der Waals surface area (Å²) in [5, 5.41) is 11.8. The van der Waals surface area contributed by atoms with Gasteiger partial charge < -0.3 is 10.1 Å². The van der Waals surface area contributed by atoms with Crippen LogP contribution in [0.25, 0.3) is 11.4 Å². The minimum atomic E-state index is -0.361. The van der Waals surface area contributed by atoms with Crippen molar-refractivity contribution in [3.8, 4) is 17.1 Å². The van der Waals surface area contributed by atoms with Crippen molar-refractivity contribution in [2.45, 2.75) is 30.8 Å². The average molecular weight is 410 g/mol. The predicted molar refractivity (Wildman–Crippen MR) is 115 cm³/mol. The fourth-order valence-corrected chi connectivity index (χ4v) is 3.50. The molecule has 3 aromatic rings. The van der Waals surface area contributed by atoms with E-state index >= 15 is 0 Å². The largest absolute Gasteiger partial charge is 0.494 e. The molecule has 0 aliphatic rings. The van der Waals surface area contributed by atoms with E-state index in [1.807, 2.05) is 54.8 Å².